The van der Waals surface area contributed by atoms with Gasteiger partial charge in [0.2, 0.25) is 0 Å². The van der Waals surface area contributed by atoms with E-state index in [1.165, 1.54) is 0 Å². The van der Waals surface area contributed by atoms with Gasteiger partial charge in [-0.2, -0.15) is 0 Å². The second-order valence-corrected chi connectivity index (χ2v) is 2.23. The van der Waals surface area contributed by atoms with Gasteiger partial charge < -0.3 is 25.2 Å². The lowest BCUT2D eigenvalue weighted by atomic mass is 10.1. The molecule has 0 aromatic rings. The molecule has 1 rings (SSSR count). The van der Waals surface area contributed by atoms with E-state index in [1.807, 2.05) is 0 Å². The lowest BCUT2D eigenvalue weighted by molar-refractivity contribution is -0.132. The summed E-state index contributed by atoms with van der Waals surface area (Å²) in [6.07, 6.45) is -4.76. The smallest absolute Gasteiger partial charge is 0.184 e. The van der Waals surface area contributed by atoms with Gasteiger partial charge in [0.15, 0.2) is 6.29 Å². The Morgan fingerprint density at radius 2 is 1.70 bits per heavy atom. The van der Waals surface area contributed by atoms with Gasteiger partial charge in [-0.05, 0) is 0 Å². The summed E-state index contributed by atoms with van der Waals surface area (Å²) in [6.45, 7) is -0.407. The van der Waals surface area contributed by atoms with Crippen molar-refractivity contribution in [1.29, 1.82) is 0 Å². The Bertz CT molecular complexity index is 117. The average Bonchev–Trinajstić information content (AvgIpc) is 2.17. The molecular formula is C5H10O5. The molecule has 5 nitrogen and oxygen atoms in total. The zero-order valence-corrected chi connectivity index (χ0v) is 5.21. The Kier molecular flexibility index (Phi) is 2.22. The molecule has 4 N–H and O–H groups in total. The SMILES string of the molecule is OC[C@H]1O[C@H](O)C(O)[C@@H]1O. The van der Waals surface area contributed by atoms with Gasteiger partial charge in [0, 0.05) is 0 Å². The van der Waals surface area contributed by atoms with Crippen molar-refractivity contribution in [3.63, 3.8) is 0 Å². The molecule has 1 unspecified atom stereocenters. The van der Waals surface area contributed by atoms with Crippen LogP contribution < -0.4 is 0 Å². The predicted octanol–water partition coefficient (Wildman–Crippen LogP) is -2.58. The first-order chi connectivity index (χ1) is 4.66. The summed E-state index contributed by atoms with van der Waals surface area (Å²) in [5.74, 6) is 0. The highest BCUT2D eigenvalue weighted by molar-refractivity contribution is 4.84. The highest BCUT2D eigenvalue weighted by atomic mass is 16.6. The minimum Gasteiger partial charge on any atom is -0.394 e. The third-order valence-electron chi connectivity index (χ3n) is 1.52. The summed E-state index contributed by atoms with van der Waals surface area (Å²) in [5, 5.41) is 35.0. The van der Waals surface area contributed by atoms with Crippen LogP contribution in [0.2, 0.25) is 0 Å². The van der Waals surface area contributed by atoms with Crippen molar-refractivity contribution in [3.05, 3.63) is 0 Å². The maximum atomic E-state index is 8.93. The fraction of sp³-hybridized carbons (Fsp3) is 1.00. The molecule has 1 saturated heterocycles. The van der Waals surface area contributed by atoms with Crippen LogP contribution in [0.1, 0.15) is 0 Å². The molecule has 5 heteroatoms. The van der Waals surface area contributed by atoms with E-state index < -0.39 is 31.2 Å². The molecule has 1 fully saturated rings. The van der Waals surface area contributed by atoms with Gasteiger partial charge in [0.25, 0.3) is 0 Å². The van der Waals surface area contributed by atoms with Gasteiger partial charge in [-0.25, -0.2) is 0 Å². The number of ether oxygens (including phenoxy) is 1. The molecule has 0 aromatic carbocycles. The van der Waals surface area contributed by atoms with E-state index in [0.29, 0.717) is 0 Å². The fourth-order valence-corrected chi connectivity index (χ4v) is 0.880. The minimum atomic E-state index is -1.38. The molecular weight excluding hydrogens is 140 g/mol. The quantitative estimate of drug-likeness (QED) is 0.329. The van der Waals surface area contributed by atoms with E-state index in [9.17, 15) is 0 Å². The van der Waals surface area contributed by atoms with Gasteiger partial charge in [0.05, 0.1) is 6.61 Å². The zero-order valence-electron chi connectivity index (χ0n) is 5.21. The van der Waals surface area contributed by atoms with Crippen LogP contribution in [0.4, 0.5) is 0 Å². The topological polar surface area (TPSA) is 90.2 Å². The second kappa shape index (κ2) is 2.81. The molecule has 0 bridgehead atoms. The number of rotatable bonds is 1. The van der Waals surface area contributed by atoms with E-state index in [2.05, 4.69) is 4.74 Å². The molecule has 10 heavy (non-hydrogen) atoms. The van der Waals surface area contributed by atoms with Gasteiger partial charge in [0.1, 0.15) is 18.3 Å². The minimum absolute atomic E-state index is 0.407. The maximum absolute atomic E-state index is 8.93. The Balaban J connectivity index is 2.53. The molecule has 0 aliphatic carbocycles. The Morgan fingerprint density at radius 1 is 1.10 bits per heavy atom. The van der Waals surface area contributed by atoms with Crippen molar-refractivity contribution in [2.75, 3.05) is 6.61 Å². The second-order valence-electron chi connectivity index (χ2n) is 2.23. The van der Waals surface area contributed by atoms with Crippen molar-refractivity contribution in [2.24, 2.45) is 0 Å². The first kappa shape index (κ1) is 7.90. The highest BCUT2D eigenvalue weighted by Crippen LogP contribution is 2.18. The van der Waals surface area contributed by atoms with Gasteiger partial charge in [-0.1, -0.05) is 0 Å². The van der Waals surface area contributed by atoms with Crippen LogP contribution in [0, 0.1) is 0 Å². The molecule has 4 atom stereocenters. The summed E-state index contributed by atoms with van der Waals surface area (Å²) >= 11 is 0. The van der Waals surface area contributed by atoms with E-state index in [4.69, 9.17) is 20.4 Å². The maximum Gasteiger partial charge on any atom is 0.184 e. The number of aliphatic hydroxyl groups excluding tert-OH is 4. The fourth-order valence-electron chi connectivity index (χ4n) is 0.880. The monoisotopic (exact) mass is 150 g/mol. The van der Waals surface area contributed by atoms with E-state index >= 15 is 0 Å². The number of hydrogen-bond acceptors (Lipinski definition) is 5. The number of aliphatic hydroxyl groups is 4. The molecule has 0 radical (unpaired) electrons. The molecule has 1 heterocycles. The lowest BCUT2D eigenvalue weighted by Gasteiger charge is -2.09. The number of hydrogen-bond donors (Lipinski definition) is 4. The van der Waals surface area contributed by atoms with Crippen LogP contribution in [-0.2, 0) is 4.74 Å². The summed E-state index contributed by atoms with van der Waals surface area (Å²) in [4.78, 5) is 0. The lowest BCUT2D eigenvalue weighted by Crippen LogP contribution is -2.33. The normalized spacial score (nSPS) is 48.0. The summed E-state index contributed by atoms with van der Waals surface area (Å²) in [7, 11) is 0. The standard InChI is InChI=1S/C5H10O5/c6-1-2-3(7)4(8)5(9)10-2/h2-9H,1H2/t2-,3-,4?,5+/m1/s1. The Morgan fingerprint density at radius 3 is 1.90 bits per heavy atom. The van der Waals surface area contributed by atoms with Crippen LogP contribution in [-0.4, -0.2) is 51.6 Å². The van der Waals surface area contributed by atoms with Crippen molar-refractivity contribution in [2.45, 2.75) is 24.6 Å². The van der Waals surface area contributed by atoms with E-state index in [0.717, 1.165) is 0 Å². The van der Waals surface area contributed by atoms with Crippen LogP contribution in [0.3, 0.4) is 0 Å². The molecule has 60 valence electrons. The first-order valence-electron chi connectivity index (χ1n) is 2.97. The molecule has 0 aromatic heterocycles. The van der Waals surface area contributed by atoms with Crippen molar-refractivity contribution in [3.8, 4) is 0 Å². The van der Waals surface area contributed by atoms with E-state index in [1.54, 1.807) is 0 Å². The van der Waals surface area contributed by atoms with E-state index in [-0.39, 0.29) is 0 Å². The van der Waals surface area contributed by atoms with Gasteiger partial charge in [-0.15, -0.1) is 0 Å². The predicted molar refractivity (Wildman–Crippen MR) is 30.0 cm³/mol. The van der Waals surface area contributed by atoms with Crippen molar-refractivity contribution < 1.29 is 25.2 Å². The molecule has 0 spiro atoms. The van der Waals surface area contributed by atoms with Crippen molar-refractivity contribution in [1.82, 2.24) is 0 Å². The first-order valence-corrected chi connectivity index (χ1v) is 2.97. The summed E-state index contributed by atoms with van der Waals surface area (Å²) in [6, 6.07) is 0. The van der Waals surface area contributed by atoms with Crippen LogP contribution in [0.5, 0.6) is 0 Å². The molecule has 0 saturated carbocycles. The van der Waals surface area contributed by atoms with Crippen LogP contribution in [0.25, 0.3) is 0 Å². The molecule has 0 amide bonds. The van der Waals surface area contributed by atoms with Crippen LogP contribution in [0.15, 0.2) is 0 Å². The Hall–Kier alpha value is -0.200. The zero-order chi connectivity index (χ0) is 7.72. The highest BCUT2D eigenvalue weighted by Gasteiger charge is 2.41. The van der Waals surface area contributed by atoms with Gasteiger partial charge in [-0.3, -0.25) is 0 Å². The third kappa shape index (κ3) is 1.14. The Labute approximate surface area is 57.5 Å². The summed E-state index contributed by atoms with van der Waals surface area (Å²) in [5.41, 5.74) is 0. The summed E-state index contributed by atoms with van der Waals surface area (Å²) < 4.78 is 4.54. The molecule has 1 aliphatic heterocycles. The average molecular weight is 150 g/mol. The third-order valence-corrected chi connectivity index (χ3v) is 1.52. The van der Waals surface area contributed by atoms with Crippen molar-refractivity contribution >= 4 is 0 Å². The largest absolute Gasteiger partial charge is 0.394 e. The molecule has 1 aliphatic rings. The van der Waals surface area contributed by atoms with Crippen LogP contribution >= 0.6 is 0 Å². The van der Waals surface area contributed by atoms with Gasteiger partial charge >= 0.3 is 0 Å².